The predicted octanol–water partition coefficient (Wildman–Crippen LogP) is 6.47. The van der Waals surface area contributed by atoms with E-state index >= 15 is 0 Å². The van der Waals surface area contributed by atoms with E-state index in [2.05, 4.69) is 32.4 Å². The molecular weight excluding hydrogens is 590 g/mol. The molecule has 252 valence electrons. The van der Waals surface area contributed by atoms with Crippen LogP contribution in [-0.2, 0) is 21.2 Å². The summed E-state index contributed by atoms with van der Waals surface area (Å²) in [5, 5.41) is 22.5. The lowest BCUT2D eigenvalue weighted by Crippen LogP contribution is -2.62. The molecule has 0 saturated heterocycles. The van der Waals surface area contributed by atoms with Gasteiger partial charge < -0.3 is 19.7 Å². The molecule has 0 bridgehead atoms. The smallest absolute Gasteiger partial charge is 0.421 e. The first-order chi connectivity index (χ1) is 21.1. The van der Waals surface area contributed by atoms with Crippen LogP contribution < -0.4 is 9.46 Å². The van der Waals surface area contributed by atoms with Gasteiger partial charge in [0, 0.05) is 0 Å². The van der Waals surface area contributed by atoms with Crippen molar-refractivity contribution in [3.05, 3.63) is 23.8 Å². The molecule has 1 aliphatic heterocycles. The molecule has 4 aliphatic carbocycles. The fraction of sp³-hybridized carbons (Fsp3) is 0.806. The van der Waals surface area contributed by atoms with Crippen molar-refractivity contribution in [3.8, 4) is 5.75 Å². The maximum absolute atomic E-state index is 13.1. The number of hydrogen-bond donors (Lipinski definition) is 3. The lowest BCUT2D eigenvalue weighted by molar-refractivity contribution is -0.203. The van der Waals surface area contributed by atoms with Gasteiger partial charge in [0.25, 0.3) is 10.0 Å². The van der Waals surface area contributed by atoms with Crippen LogP contribution in [0.5, 0.6) is 5.75 Å². The first-order valence-corrected chi connectivity index (χ1v) is 19.0. The Hall–Kier alpha value is -1.84. The van der Waals surface area contributed by atoms with Gasteiger partial charge in [-0.05, 0) is 148 Å². The minimum absolute atomic E-state index is 0.0253. The minimum Gasteiger partial charge on any atom is -0.488 e. The van der Waals surface area contributed by atoms with E-state index < -0.39 is 16.1 Å². The molecule has 45 heavy (non-hydrogen) atoms. The monoisotopic (exact) mass is 645 g/mol. The molecule has 8 nitrogen and oxygen atoms in total. The molecule has 0 spiro atoms. The molecule has 9 heteroatoms. The van der Waals surface area contributed by atoms with Gasteiger partial charge in [0.15, 0.2) is 0 Å². The summed E-state index contributed by atoms with van der Waals surface area (Å²) in [6.45, 7) is 13.3. The Balaban J connectivity index is 1.10. The first kappa shape index (κ1) is 33.1. The summed E-state index contributed by atoms with van der Waals surface area (Å²) >= 11 is 0. The molecule has 1 amide bonds. The van der Waals surface area contributed by atoms with Crippen LogP contribution in [0.3, 0.4) is 0 Å². The zero-order valence-electron chi connectivity index (χ0n) is 28.1. The minimum atomic E-state index is -4.09. The molecule has 11 atom stereocenters. The molecule has 6 rings (SSSR count). The van der Waals surface area contributed by atoms with Gasteiger partial charge in [0.2, 0.25) is 0 Å². The first-order valence-electron chi connectivity index (χ1n) is 17.5. The van der Waals surface area contributed by atoms with Crippen molar-refractivity contribution in [3.63, 3.8) is 0 Å². The van der Waals surface area contributed by atoms with Crippen LogP contribution in [0.4, 0.5) is 4.79 Å². The van der Waals surface area contributed by atoms with Crippen LogP contribution in [0.15, 0.2) is 23.1 Å². The highest BCUT2D eigenvalue weighted by Gasteiger charge is 2.65. The Labute approximate surface area is 270 Å². The molecule has 1 heterocycles. The zero-order chi connectivity index (χ0) is 32.5. The number of aliphatic hydroxyl groups is 2. The van der Waals surface area contributed by atoms with E-state index in [1.165, 1.54) is 6.07 Å². The van der Waals surface area contributed by atoms with Crippen LogP contribution >= 0.6 is 0 Å². The van der Waals surface area contributed by atoms with E-state index in [1.807, 2.05) is 13.8 Å². The van der Waals surface area contributed by atoms with E-state index in [1.54, 1.807) is 12.1 Å². The Morgan fingerprint density at radius 2 is 1.73 bits per heavy atom. The van der Waals surface area contributed by atoms with Crippen molar-refractivity contribution < 1.29 is 32.9 Å². The molecule has 4 saturated carbocycles. The highest BCUT2D eigenvalue weighted by molar-refractivity contribution is 7.90. The molecule has 1 aromatic rings. The number of fused-ring (bicyclic) bond motifs is 6. The number of aliphatic hydroxyl groups excluding tert-OH is 2. The van der Waals surface area contributed by atoms with Crippen molar-refractivity contribution in [2.45, 2.75) is 128 Å². The summed E-state index contributed by atoms with van der Waals surface area (Å²) in [6, 6.07) is 4.71. The molecule has 4 unspecified atom stereocenters. The Bertz CT molecular complexity index is 1400. The number of carbonyl (C=O) groups is 1. The summed E-state index contributed by atoms with van der Waals surface area (Å²) in [5.41, 5.74) is 0.709. The van der Waals surface area contributed by atoms with Crippen molar-refractivity contribution in [1.82, 2.24) is 4.72 Å². The highest BCUT2D eigenvalue weighted by Crippen LogP contribution is 2.69. The number of hydrogen-bond acceptors (Lipinski definition) is 7. The maximum atomic E-state index is 13.1. The summed E-state index contributed by atoms with van der Waals surface area (Å²) in [5.74, 6) is 2.77. The molecule has 1 aromatic carbocycles. The number of sulfonamides is 1. The third-order valence-corrected chi connectivity index (χ3v) is 14.9. The van der Waals surface area contributed by atoms with E-state index in [0.717, 1.165) is 63.4 Å². The largest absolute Gasteiger partial charge is 0.488 e. The van der Waals surface area contributed by atoms with Crippen molar-refractivity contribution in [1.29, 1.82) is 0 Å². The van der Waals surface area contributed by atoms with Crippen LogP contribution in [-0.4, -0.2) is 49.1 Å². The number of nitrogens with one attached hydrogen (secondary N) is 1. The summed E-state index contributed by atoms with van der Waals surface area (Å²) in [6.07, 6.45) is 7.82. The fourth-order valence-electron chi connectivity index (χ4n) is 11.3. The van der Waals surface area contributed by atoms with Crippen LogP contribution in [0.1, 0.15) is 105 Å². The molecule has 4 fully saturated rings. The van der Waals surface area contributed by atoms with Gasteiger partial charge in [-0.2, -0.15) is 0 Å². The van der Waals surface area contributed by atoms with Gasteiger partial charge in [0.1, 0.15) is 11.4 Å². The van der Waals surface area contributed by atoms with Gasteiger partial charge in [-0.15, -0.1) is 0 Å². The summed E-state index contributed by atoms with van der Waals surface area (Å²) < 4.78 is 39.8. The molecule has 5 aliphatic rings. The standard InChI is InChI=1S/C36H55NO7S/c1-7-25-29-19-23(38)13-16-36(29,6)28-14-17-35(5)26(9-10-27(35)31(28)32(25)39)21(2)20-43-33(40)37-45(41,42)24-8-11-30-22(18-24)12-15-34(3,4)44-30/h8,11,18,21,23,25-29,31-32,38-39H,7,9-10,12-17,19-20H2,1-6H3,(H,37,40)/t21-,23-,25-,26?,27+,28+,29?,31+,32-,35?,36?/m1/s1. The predicted molar refractivity (Wildman–Crippen MR) is 172 cm³/mol. The fourth-order valence-corrected chi connectivity index (χ4v) is 12.2. The van der Waals surface area contributed by atoms with Gasteiger partial charge in [-0.1, -0.05) is 34.1 Å². The average Bonchev–Trinajstić information content (AvgIpc) is 3.33. The number of amides is 1. The van der Waals surface area contributed by atoms with Crippen molar-refractivity contribution in [2.24, 2.45) is 52.3 Å². The Morgan fingerprint density at radius 1 is 1.02 bits per heavy atom. The second kappa shape index (κ2) is 11.7. The lowest BCUT2D eigenvalue weighted by Gasteiger charge is -2.64. The third-order valence-electron chi connectivity index (χ3n) is 13.6. The summed E-state index contributed by atoms with van der Waals surface area (Å²) in [7, 11) is -4.09. The van der Waals surface area contributed by atoms with E-state index in [-0.39, 0.29) is 57.9 Å². The van der Waals surface area contributed by atoms with E-state index in [4.69, 9.17) is 9.47 Å². The van der Waals surface area contributed by atoms with Crippen LogP contribution in [0, 0.1) is 52.3 Å². The quantitative estimate of drug-likeness (QED) is 0.324. The maximum Gasteiger partial charge on any atom is 0.421 e. The molecular formula is C36H55NO7S. The number of ether oxygens (including phenoxy) is 2. The molecule has 0 aromatic heterocycles. The normalized spacial score (nSPS) is 41.0. The average molecular weight is 646 g/mol. The lowest BCUT2D eigenvalue weighted by atomic mass is 9.41. The Morgan fingerprint density at radius 3 is 2.47 bits per heavy atom. The van der Waals surface area contributed by atoms with E-state index in [9.17, 15) is 23.4 Å². The second-order valence-electron chi connectivity index (χ2n) is 16.4. The zero-order valence-corrected chi connectivity index (χ0v) is 28.9. The third kappa shape index (κ3) is 5.71. The van der Waals surface area contributed by atoms with Crippen LogP contribution in [0.25, 0.3) is 0 Å². The van der Waals surface area contributed by atoms with Crippen molar-refractivity contribution in [2.75, 3.05) is 6.61 Å². The van der Waals surface area contributed by atoms with Crippen molar-refractivity contribution >= 4 is 16.1 Å². The number of carbonyl (C=O) groups excluding carboxylic acids is 1. The summed E-state index contributed by atoms with van der Waals surface area (Å²) in [4.78, 5) is 12.8. The Kier molecular flexibility index (Phi) is 8.59. The van der Waals surface area contributed by atoms with Gasteiger partial charge in [0.05, 0.1) is 23.7 Å². The number of benzene rings is 1. The topological polar surface area (TPSA) is 122 Å². The highest BCUT2D eigenvalue weighted by atomic mass is 32.2. The van der Waals surface area contributed by atoms with Crippen LogP contribution in [0.2, 0.25) is 0 Å². The molecule has 3 N–H and O–H groups in total. The van der Waals surface area contributed by atoms with E-state index in [0.29, 0.717) is 35.8 Å². The number of rotatable bonds is 6. The van der Waals surface area contributed by atoms with Gasteiger partial charge >= 0.3 is 6.09 Å². The second-order valence-corrected chi connectivity index (χ2v) is 18.1. The van der Waals surface area contributed by atoms with Gasteiger partial charge in [-0.25, -0.2) is 17.9 Å². The van der Waals surface area contributed by atoms with Gasteiger partial charge in [-0.3, -0.25) is 0 Å². The number of aryl methyl sites for hydroxylation is 1. The SMILES string of the molecule is CC[C@@H]1C2C[C@H](O)CCC2(C)[C@H]2CCC3(C)C([C@H](C)COC(=O)NS(=O)(=O)c4ccc5c(c4)CCC(C)(C)O5)CC[C@H]3[C@@H]2[C@@H]1O. The molecule has 0 radical (unpaired) electrons.